The lowest BCUT2D eigenvalue weighted by Crippen LogP contribution is -1.90. The maximum absolute atomic E-state index is 6.73. The second-order valence-electron chi connectivity index (χ2n) is 5.39. The summed E-state index contributed by atoms with van der Waals surface area (Å²) in [5.41, 5.74) is 2.87. The fraction of sp³-hybridized carbons (Fsp3) is 0.500. The van der Waals surface area contributed by atoms with Crippen LogP contribution in [-0.2, 0) is 12.8 Å². The molecule has 1 aliphatic carbocycles. The van der Waals surface area contributed by atoms with Gasteiger partial charge in [-0.1, -0.05) is 6.42 Å². The molecule has 0 nitrogen and oxygen atoms in total. The van der Waals surface area contributed by atoms with Crippen LogP contribution in [0, 0.1) is 13.8 Å². The highest BCUT2D eigenvalue weighted by Gasteiger charge is 2.20. The predicted octanol–water partition coefficient (Wildman–Crippen LogP) is 6.02. The minimum atomic E-state index is 0.0434. The van der Waals surface area contributed by atoms with Gasteiger partial charge >= 0.3 is 0 Å². The third-order valence-corrected chi connectivity index (χ3v) is 6.75. The zero-order chi connectivity index (χ0) is 13.4. The summed E-state index contributed by atoms with van der Waals surface area (Å²) >= 11 is 10.5. The van der Waals surface area contributed by atoms with Gasteiger partial charge in [0.2, 0.25) is 0 Å². The quantitative estimate of drug-likeness (QED) is 0.469. The number of alkyl halides is 1. The van der Waals surface area contributed by atoms with Crippen LogP contribution in [0.15, 0.2) is 12.1 Å². The van der Waals surface area contributed by atoms with E-state index in [9.17, 15) is 0 Å². The molecule has 0 fully saturated rings. The van der Waals surface area contributed by atoms with Crippen LogP contribution in [0.3, 0.4) is 0 Å². The standard InChI is InChI=1S/C16H19ClS2/c1-10-8-13(11(2)18-10)16(17)15-9-12-6-4-3-5-7-14(12)19-15/h8-9,16H,3-7H2,1-2H3. The zero-order valence-corrected chi connectivity index (χ0v) is 13.9. The van der Waals surface area contributed by atoms with Gasteiger partial charge in [0.05, 0.1) is 5.38 Å². The summed E-state index contributed by atoms with van der Waals surface area (Å²) < 4.78 is 0. The predicted molar refractivity (Wildman–Crippen MR) is 87.1 cm³/mol. The van der Waals surface area contributed by atoms with Gasteiger partial charge in [-0.2, -0.15) is 0 Å². The average molecular weight is 311 g/mol. The molecule has 0 saturated heterocycles. The van der Waals surface area contributed by atoms with Crippen LogP contribution in [0.25, 0.3) is 0 Å². The van der Waals surface area contributed by atoms with E-state index in [4.69, 9.17) is 11.6 Å². The van der Waals surface area contributed by atoms with E-state index in [1.54, 1.807) is 10.4 Å². The maximum Gasteiger partial charge on any atom is 0.0938 e. The molecule has 0 bridgehead atoms. The highest BCUT2D eigenvalue weighted by Crippen LogP contribution is 2.40. The lowest BCUT2D eigenvalue weighted by atomic mass is 10.1. The van der Waals surface area contributed by atoms with Gasteiger partial charge in [0, 0.05) is 19.5 Å². The lowest BCUT2D eigenvalue weighted by molar-refractivity contribution is 0.712. The summed E-state index contributed by atoms with van der Waals surface area (Å²) in [6.45, 7) is 4.34. The van der Waals surface area contributed by atoms with Crippen LogP contribution in [0.4, 0.5) is 0 Å². The first-order valence-electron chi connectivity index (χ1n) is 6.97. The second kappa shape index (κ2) is 5.59. The Labute approximate surface area is 128 Å². The van der Waals surface area contributed by atoms with Gasteiger partial charge in [-0.25, -0.2) is 0 Å². The van der Waals surface area contributed by atoms with E-state index in [0.717, 1.165) is 0 Å². The SMILES string of the molecule is Cc1cc(C(Cl)c2cc3c(s2)CCCCC3)c(C)s1. The van der Waals surface area contributed by atoms with Crippen LogP contribution in [0.1, 0.15) is 55.3 Å². The van der Waals surface area contributed by atoms with Crippen molar-refractivity contribution in [3.05, 3.63) is 42.8 Å². The number of thiophene rings is 2. The Hall–Kier alpha value is -0.310. The van der Waals surface area contributed by atoms with Crippen LogP contribution < -0.4 is 0 Å². The van der Waals surface area contributed by atoms with Gasteiger partial charge in [0.15, 0.2) is 0 Å². The molecule has 2 aromatic heterocycles. The molecule has 0 amide bonds. The molecule has 0 aromatic carbocycles. The summed E-state index contributed by atoms with van der Waals surface area (Å²) in [5, 5.41) is 0.0434. The Morgan fingerprint density at radius 2 is 1.84 bits per heavy atom. The minimum absolute atomic E-state index is 0.0434. The molecule has 102 valence electrons. The van der Waals surface area contributed by atoms with Gasteiger partial charge in [-0.15, -0.1) is 34.3 Å². The van der Waals surface area contributed by atoms with E-state index < -0.39 is 0 Å². The molecular weight excluding hydrogens is 292 g/mol. The van der Waals surface area contributed by atoms with Crippen molar-refractivity contribution in [2.45, 2.75) is 51.3 Å². The second-order valence-corrected chi connectivity index (χ2v) is 8.45. The summed E-state index contributed by atoms with van der Waals surface area (Å²) in [5.74, 6) is 0. The van der Waals surface area contributed by atoms with E-state index in [0.29, 0.717) is 0 Å². The zero-order valence-electron chi connectivity index (χ0n) is 11.5. The minimum Gasteiger partial charge on any atom is -0.146 e. The van der Waals surface area contributed by atoms with Gasteiger partial charge < -0.3 is 0 Å². The average Bonchev–Trinajstić information content (AvgIpc) is 2.85. The fourth-order valence-electron chi connectivity index (χ4n) is 2.87. The van der Waals surface area contributed by atoms with Crippen molar-refractivity contribution in [2.75, 3.05) is 0 Å². The van der Waals surface area contributed by atoms with E-state index in [1.807, 2.05) is 22.7 Å². The molecule has 0 spiro atoms. The van der Waals surface area contributed by atoms with Crippen molar-refractivity contribution in [1.82, 2.24) is 0 Å². The first-order chi connectivity index (χ1) is 9.15. The number of fused-ring (bicyclic) bond motifs is 1. The molecule has 3 heteroatoms. The number of aryl methyl sites for hydroxylation is 4. The molecule has 1 unspecified atom stereocenters. The van der Waals surface area contributed by atoms with E-state index in [1.165, 1.54) is 52.3 Å². The van der Waals surface area contributed by atoms with Crippen LogP contribution in [0.5, 0.6) is 0 Å². The first kappa shape index (κ1) is 13.7. The molecule has 1 aliphatic rings. The molecule has 2 heterocycles. The van der Waals surface area contributed by atoms with E-state index >= 15 is 0 Å². The van der Waals surface area contributed by atoms with Crippen LogP contribution >= 0.6 is 34.3 Å². The Morgan fingerprint density at radius 1 is 1.05 bits per heavy atom. The number of rotatable bonds is 2. The topological polar surface area (TPSA) is 0 Å². The van der Waals surface area contributed by atoms with Gasteiger partial charge in [-0.3, -0.25) is 0 Å². The molecule has 0 aliphatic heterocycles. The monoisotopic (exact) mass is 310 g/mol. The third kappa shape index (κ3) is 2.76. The highest BCUT2D eigenvalue weighted by molar-refractivity contribution is 7.13. The molecule has 0 saturated carbocycles. The molecule has 2 aromatic rings. The maximum atomic E-state index is 6.73. The summed E-state index contributed by atoms with van der Waals surface area (Å²) in [7, 11) is 0. The fourth-order valence-corrected chi connectivity index (χ4v) is 5.58. The molecule has 0 radical (unpaired) electrons. The molecule has 0 N–H and O–H groups in total. The van der Waals surface area contributed by atoms with Gasteiger partial charge in [0.1, 0.15) is 0 Å². The van der Waals surface area contributed by atoms with Crippen LogP contribution in [-0.4, -0.2) is 0 Å². The largest absolute Gasteiger partial charge is 0.146 e. The number of hydrogen-bond acceptors (Lipinski definition) is 2. The Bertz CT molecular complexity index is 556. The summed E-state index contributed by atoms with van der Waals surface area (Å²) in [4.78, 5) is 5.65. The van der Waals surface area contributed by atoms with E-state index in [-0.39, 0.29) is 5.38 Å². The lowest BCUT2D eigenvalue weighted by Gasteiger charge is -2.06. The normalized spacial score (nSPS) is 17.0. The third-order valence-electron chi connectivity index (χ3n) is 3.87. The van der Waals surface area contributed by atoms with Crippen molar-refractivity contribution in [3.8, 4) is 0 Å². The summed E-state index contributed by atoms with van der Waals surface area (Å²) in [6, 6.07) is 4.62. The highest BCUT2D eigenvalue weighted by atomic mass is 35.5. The van der Waals surface area contributed by atoms with Crippen molar-refractivity contribution in [1.29, 1.82) is 0 Å². The van der Waals surface area contributed by atoms with Gasteiger partial charge in [-0.05, 0) is 62.8 Å². The van der Waals surface area contributed by atoms with Gasteiger partial charge in [0.25, 0.3) is 0 Å². The Kier molecular flexibility index (Phi) is 4.02. The number of halogens is 1. The molecule has 3 rings (SSSR count). The number of hydrogen-bond donors (Lipinski definition) is 0. The Morgan fingerprint density at radius 3 is 2.58 bits per heavy atom. The smallest absolute Gasteiger partial charge is 0.0938 e. The first-order valence-corrected chi connectivity index (χ1v) is 9.04. The van der Waals surface area contributed by atoms with Crippen molar-refractivity contribution in [2.24, 2.45) is 0 Å². The Balaban J connectivity index is 1.92. The van der Waals surface area contributed by atoms with Crippen molar-refractivity contribution < 1.29 is 0 Å². The molecule has 1 atom stereocenters. The molecule has 19 heavy (non-hydrogen) atoms. The van der Waals surface area contributed by atoms with Crippen molar-refractivity contribution >= 4 is 34.3 Å². The van der Waals surface area contributed by atoms with E-state index in [2.05, 4.69) is 26.0 Å². The summed E-state index contributed by atoms with van der Waals surface area (Å²) in [6.07, 6.45) is 6.56. The van der Waals surface area contributed by atoms with Crippen molar-refractivity contribution in [3.63, 3.8) is 0 Å². The van der Waals surface area contributed by atoms with Crippen LogP contribution in [0.2, 0.25) is 0 Å². The molecular formula is C16H19ClS2.